The Morgan fingerprint density at radius 3 is 2.40 bits per heavy atom. The number of amides is 2. The van der Waals surface area contributed by atoms with Crippen LogP contribution in [0.4, 0.5) is 38.4 Å². The second-order valence-electron chi connectivity index (χ2n) is 11.4. The van der Waals surface area contributed by atoms with Crippen molar-refractivity contribution >= 4 is 58.0 Å². The van der Waals surface area contributed by atoms with Crippen LogP contribution in [0.1, 0.15) is 62.4 Å². The van der Waals surface area contributed by atoms with Gasteiger partial charge in [-0.15, -0.1) is 0 Å². The van der Waals surface area contributed by atoms with Crippen LogP contribution in [0.25, 0.3) is 11.2 Å². The number of fused-ring (bicyclic) bond motifs is 1. The summed E-state index contributed by atoms with van der Waals surface area (Å²) >= 11 is 12.9. The van der Waals surface area contributed by atoms with Crippen molar-refractivity contribution in [3.8, 4) is 5.88 Å². The number of benzene rings is 1. The molecular formula is C28H31Cl2F5N6O4. The number of alkyl halides is 5. The Bertz CT molecular complexity index is 1540. The number of pyridine rings is 1. The maximum atomic E-state index is 13.1. The lowest BCUT2D eigenvalue weighted by molar-refractivity contribution is -0.182. The van der Waals surface area contributed by atoms with Crippen molar-refractivity contribution in [2.75, 3.05) is 11.9 Å². The number of nitrogens with one attached hydrogen (secondary N) is 4. The smallest absolute Gasteiger partial charge is 0.407 e. The van der Waals surface area contributed by atoms with Crippen LogP contribution in [0.5, 0.6) is 5.88 Å². The minimum absolute atomic E-state index is 0.0163. The van der Waals surface area contributed by atoms with Gasteiger partial charge < -0.3 is 30.4 Å². The van der Waals surface area contributed by atoms with Gasteiger partial charge in [0.2, 0.25) is 11.8 Å². The molecule has 1 saturated carbocycles. The molecule has 10 nitrogen and oxygen atoms in total. The summed E-state index contributed by atoms with van der Waals surface area (Å²) in [6.45, 7) is 4.14. The fraction of sp³-hybridized carbons (Fsp3) is 0.500. The number of imidazole rings is 1. The van der Waals surface area contributed by atoms with Gasteiger partial charge in [-0.25, -0.2) is 18.6 Å². The minimum atomic E-state index is -4.31. The highest BCUT2D eigenvalue weighted by atomic mass is 35.5. The standard InChI is InChI=1S/C28H31Cl2F5N6O4/c1-27(2,3)45-26(43)36-11-13-4-9-17(29)21(20(13)30)39-25-38-18-10-16(24(40-22(18)41-25)44-12-19(31)32)23(42)37-15-7-5-14(6-8-15)28(33,34)35/h4,9-10,14-15,19H,5-8,11-12H2,1-3H3,(H,36,43)(H,37,42)(H2,38,39,40,41). The van der Waals surface area contributed by atoms with E-state index in [1.165, 1.54) is 6.07 Å². The molecule has 0 radical (unpaired) electrons. The van der Waals surface area contributed by atoms with Crippen LogP contribution < -0.4 is 20.7 Å². The van der Waals surface area contributed by atoms with Crippen molar-refractivity contribution in [2.45, 2.75) is 77.2 Å². The highest BCUT2D eigenvalue weighted by Gasteiger charge is 2.41. The van der Waals surface area contributed by atoms with Gasteiger partial charge in [-0.1, -0.05) is 29.3 Å². The van der Waals surface area contributed by atoms with E-state index in [4.69, 9.17) is 32.7 Å². The summed E-state index contributed by atoms with van der Waals surface area (Å²) in [4.78, 5) is 36.6. The van der Waals surface area contributed by atoms with Crippen LogP contribution in [0.3, 0.4) is 0 Å². The number of halogens is 7. The average Bonchev–Trinajstić information content (AvgIpc) is 3.33. The predicted octanol–water partition coefficient (Wildman–Crippen LogP) is 7.53. The van der Waals surface area contributed by atoms with Crippen LogP contribution in [0.2, 0.25) is 10.0 Å². The van der Waals surface area contributed by atoms with Gasteiger partial charge in [-0.3, -0.25) is 4.79 Å². The van der Waals surface area contributed by atoms with Crippen molar-refractivity contribution in [1.29, 1.82) is 0 Å². The zero-order valence-electron chi connectivity index (χ0n) is 24.4. The summed E-state index contributed by atoms with van der Waals surface area (Å²) in [6, 6.07) is 3.88. The van der Waals surface area contributed by atoms with Crippen molar-refractivity contribution in [2.24, 2.45) is 5.92 Å². The van der Waals surface area contributed by atoms with E-state index in [0.717, 1.165) is 0 Å². The average molecular weight is 681 g/mol. The van der Waals surface area contributed by atoms with Gasteiger partial charge in [0.15, 0.2) is 12.3 Å². The van der Waals surface area contributed by atoms with Crippen LogP contribution in [-0.2, 0) is 11.3 Å². The van der Waals surface area contributed by atoms with E-state index in [1.54, 1.807) is 32.9 Å². The van der Waals surface area contributed by atoms with Crippen LogP contribution in [-0.4, -0.2) is 57.8 Å². The van der Waals surface area contributed by atoms with Crippen LogP contribution >= 0.6 is 23.2 Å². The molecule has 17 heteroatoms. The van der Waals surface area contributed by atoms with E-state index in [0.29, 0.717) is 5.56 Å². The molecule has 1 aliphatic carbocycles. The van der Waals surface area contributed by atoms with E-state index in [-0.39, 0.29) is 70.6 Å². The van der Waals surface area contributed by atoms with Gasteiger partial charge in [0.05, 0.1) is 21.7 Å². The first-order valence-corrected chi connectivity index (χ1v) is 14.7. The second-order valence-corrected chi connectivity index (χ2v) is 12.2. The quantitative estimate of drug-likeness (QED) is 0.172. The lowest BCUT2D eigenvalue weighted by Crippen LogP contribution is -2.40. The minimum Gasteiger partial charge on any atom is -0.471 e. The molecule has 0 bridgehead atoms. The Morgan fingerprint density at radius 2 is 1.78 bits per heavy atom. The number of aromatic amines is 1. The lowest BCUT2D eigenvalue weighted by atomic mass is 9.85. The molecule has 2 amide bonds. The van der Waals surface area contributed by atoms with Gasteiger partial charge in [0.1, 0.15) is 16.7 Å². The first-order valence-electron chi connectivity index (χ1n) is 13.9. The Hall–Kier alpha value is -3.59. The number of aromatic nitrogens is 3. The zero-order valence-corrected chi connectivity index (χ0v) is 25.9. The Morgan fingerprint density at radius 1 is 1.09 bits per heavy atom. The highest BCUT2D eigenvalue weighted by Crippen LogP contribution is 2.38. The summed E-state index contributed by atoms with van der Waals surface area (Å²) in [5.41, 5.74) is 0.0148. The maximum Gasteiger partial charge on any atom is 0.407 e. The van der Waals surface area contributed by atoms with Crippen LogP contribution in [0, 0.1) is 5.92 Å². The SMILES string of the molecule is CC(C)(C)OC(=O)NCc1ccc(Cl)c(Nc2nc3cc(C(=O)NC4CCC(C(F)(F)F)CC4)c(OCC(F)F)nc3[nH]2)c1Cl. The number of carbonyl (C=O) groups is 2. The van der Waals surface area contributed by atoms with Gasteiger partial charge in [0, 0.05) is 12.6 Å². The Balaban J connectivity index is 1.54. The summed E-state index contributed by atoms with van der Waals surface area (Å²) in [7, 11) is 0. The molecule has 0 atom stereocenters. The fourth-order valence-electron chi connectivity index (χ4n) is 4.67. The number of alkyl carbamates (subject to hydrolysis) is 1. The molecule has 2 heterocycles. The molecule has 2 aromatic heterocycles. The van der Waals surface area contributed by atoms with E-state index >= 15 is 0 Å². The number of anilines is 2. The number of carbonyl (C=O) groups excluding carboxylic acids is 2. The lowest BCUT2D eigenvalue weighted by Gasteiger charge is -2.30. The topological polar surface area (TPSA) is 130 Å². The zero-order chi connectivity index (χ0) is 33.1. The van der Waals surface area contributed by atoms with Gasteiger partial charge in [0.25, 0.3) is 12.3 Å². The Kier molecular flexibility index (Phi) is 10.5. The molecular weight excluding hydrogens is 650 g/mol. The molecule has 0 spiro atoms. The molecule has 1 aromatic carbocycles. The molecule has 0 aliphatic heterocycles. The second kappa shape index (κ2) is 13.8. The molecule has 246 valence electrons. The number of H-pyrrole nitrogens is 1. The summed E-state index contributed by atoms with van der Waals surface area (Å²) in [6.07, 6.45) is -7.90. The molecule has 1 aliphatic rings. The van der Waals surface area contributed by atoms with E-state index in [2.05, 4.69) is 30.9 Å². The molecule has 4 rings (SSSR count). The maximum absolute atomic E-state index is 13.1. The third-order valence-corrected chi connectivity index (χ3v) is 7.54. The van der Waals surface area contributed by atoms with Gasteiger partial charge >= 0.3 is 12.3 Å². The monoisotopic (exact) mass is 680 g/mol. The third kappa shape index (κ3) is 9.22. The molecule has 3 aromatic rings. The summed E-state index contributed by atoms with van der Waals surface area (Å²) in [5.74, 6) is -2.53. The number of ether oxygens (including phenoxy) is 2. The molecule has 0 unspecified atom stereocenters. The number of rotatable bonds is 9. The van der Waals surface area contributed by atoms with Gasteiger partial charge in [-0.2, -0.15) is 18.2 Å². The van der Waals surface area contributed by atoms with Crippen molar-refractivity contribution < 1.29 is 41.0 Å². The summed E-state index contributed by atoms with van der Waals surface area (Å²) < 4.78 is 75.4. The van der Waals surface area contributed by atoms with E-state index in [9.17, 15) is 31.5 Å². The number of hydrogen-bond acceptors (Lipinski definition) is 7. The fourth-order valence-corrected chi connectivity index (χ4v) is 5.20. The summed E-state index contributed by atoms with van der Waals surface area (Å²) in [5, 5.41) is 8.56. The van der Waals surface area contributed by atoms with E-state index < -0.39 is 54.6 Å². The van der Waals surface area contributed by atoms with Crippen molar-refractivity contribution in [3.05, 3.63) is 39.4 Å². The molecule has 1 fully saturated rings. The van der Waals surface area contributed by atoms with Gasteiger partial charge in [-0.05, 0) is 64.2 Å². The highest BCUT2D eigenvalue weighted by molar-refractivity contribution is 6.39. The largest absolute Gasteiger partial charge is 0.471 e. The molecule has 4 N–H and O–H groups in total. The number of nitrogens with zero attached hydrogens (tertiary/aromatic N) is 2. The van der Waals surface area contributed by atoms with Crippen molar-refractivity contribution in [3.63, 3.8) is 0 Å². The van der Waals surface area contributed by atoms with E-state index in [1.807, 2.05) is 0 Å². The van der Waals surface area contributed by atoms with Crippen molar-refractivity contribution in [1.82, 2.24) is 25.6 Å². The first kappa shape index (κ1) is 34.3. The normalized spacial score (nSPS) is 17.3. The molecule has 45 heavy (non-hydrogen) atoms. The molecule has 0 saturated heterocycles. The predicted molar refractivity (Wildman–Crippen MR) is 157 cm³/mol. The van der Waals surface area contributed by atoms with Crippen LogP contribution in [0.15, 0.2) is 18.2 Å². The Labute approximate surface area is 264 Å². The number of hydrogen-bond donors (Lipinski definition) is 4. The third-order valence-electron chi connectivity index (χ3n) is 6.79. The first-order chi connectivity index (χ1) is 21.0.